The summed E-state index contributed by atoms with van der Waals surface area (Å²) in [7, 11) is 0. The molecule has 0 saturated carbocycles. The zero-order valence-electron chi connectivity index (χ0n) is 18.2. The van der Waals surface area contributed by atoms with Gasteiger partial charge in [0.1, 0.15) is 11.9 Å². The monoisotopic (exact) mass is 436 g/mol. The average molecular weight is 436 g/mol. The molecule has 0 saturated heterocycles. The lowest BCUT2D eigenvalue weighted by molar-refractivity contribution is 0.0832. The largest absolute Gasteiger partial charge is 0.484 e. The van der Waals surface area contributed by atoms with Crippen LogP contribution in [0.5, 0.6) is 17.2 Å². The summed E-state index contributed by atoms with van der Waals surface area (Å²) in [6, 6.07) is 6.74. The van der Waals surface area contributed by atoms with Gasteiger partial charge in [0.25, 0.3) is 0 Å². The lowest BCUT2D eigenvalue weighted by Crippen LogP contribution is -2.26. The first-order chi connectivity index (χ1) is 15.2. The molecule has 0 spiro atoms. The van der Waals surface area contributed by atoms with Crippen LogP contribution in [-0.4, -0.2) is 35.4 Å². The fraction of sp³-hybridized carbons (Fsp3) is 0.320. The van der Waals surface area contributed by atoms with Crippen LogP contribution >= 0.6 is 0 Å². The molecule has 166 valence electrons. The minimum absolute atomic E-state index is 0.0226. The maximum absolute atomic E-state index is 13.2. The Morgan fingerprint density at radius 3 is 2.44 bits per heavy atom. The van der Waals surface area contributed by atoms with Crippen LogP contribution in [-0.2, 0) is 6.42 Å². The van der Waals surface area contributed by atoms with Crippen molar-refractivity contribution in [1.82, 2.24) is 0 Å². The lowest BCUT2D eigenvalue weighted by atomic mass is 9.84. The minimum atomic E-state index is -0.940. The predicted octanol–water partition coefficient (Wildman–Crippen LogP) is 4.01. The highest BCUT2D eigenvalue weighted by atomic mass is 16.7. The van der Waals surface area contributed by atoms with Gasteiger partial charge < -0.3 is 19.3 Å². The predicted molar refractivity (Wildman–Crippen MR) is 116 cm³/mol. The van der Waals surface area contributed by atoms with Crippen LogP contribution in [0.15, 0.2) is 36.4 Å². The van der Waals surface area contributed by atoms with Crippen molar-refractivity contribution in [2.24, 2.45) is 0 Å². The van der Waals surface area contributed by atoms with Gasteiger partial charge in [0, 0.05) is 23.1 Å². The molecule has 2 aliphatic rings. The molecular weight excluding hydrogens is 412 g/mol. The van der Waals surface area contributed by atoms with E-state index in [1.54, 1.807) is 25.1 Å². The molecule has 7 nitrogen and oxygen atoms in total. The maximum Gasteiger partial charge on any atom is 0.231 e. The van der Waals surface area contributed by atoms with Crippen LogP contribution < -0.4 is 14.2 Å². The Hall–Kier alpha value is -3.45. The van der Waals surface area contributed by atoms with E-state index in [0.717, 1.165) is 0 Å². The second kappa shape index (κ2) is 8.24. The molecule has 2 atom stereocenters. The van der Waals surface area contributed by atoms with Crippen molar-refractivity contribution in [3.63, 3.8) is 0 Å². The van der Waals surface area contributed by atoms with Gasteiger partial charge in [0.05, 0.1) is 18.1 Å². The Labute approximate surface area is 185 Å². The number of ketones is 3. The molecule has 0 radical (unpaired) electrons. The van der Waals surface area contributed by atoms with E-state index in [4.69, 9.17) is 14.2 Å². The number of aliphatic hydroxyl groups excluding tert-OH is 1. The number of ether oxygens (including phenoxy) is 3. The van der Waals surface area contributed by atoms with E-state index in [2.05, 4.69) is 6.58 Å². The molecular formula is C25H24O7. The highest BCUT2D eigenvalue weighted by Crippen LogP contribution is 2.43. The smallest absolute Gasteiger partial charge is 0.231 e. The first-order valence-electron chi connectivity index (χ1n) is 10.3. The lowest BCUT2D eigenvalue weighted by Gasteiger charge is -2.30. The highest BCUT2D eigenvalue weighted by Gasteiger charge is 2.36. The second-order valence-electron chi connectivity index (χ2n) is 8.18. The SMILES string of the molecule is C=C(C)[C@@H](O)Cc1c(C(C)=O)cc(C(C)=O)c2c1O[C@H](c1ccc3c(c1)OCO3)CC2=O. The van der Waals surface area contributed by atoms with Crippen molar-refractivity contribution in [1.29, 1.82) is 0 Å². The van der Waals surface area contributed by atoms with E-state index in [-0.39, 0.29) is 59.4 Å². The quantitative estimate of drug-likeness (QED) is 0.540. The van der Waals surface area contributed by atoms with Gasteiger partial charge in [-0.3, -0.25) is 14.4 Å². The van der Waals surface area contributed by atoms with Gasteiger partial charge in [0.2, 0.25) is 6.79 Å². The number of hydrogen-bond acceptors (Lipinski definition) is 7. The van der Waals surface area contributed by atoms with E-state index >= 15 is 0 Å². The first kappa shape index (κ1) is 21.8. The summed E-state index contributed by atoms with van der Waals surface area (Å²) in [4.78, 5) is 38.0. The zero-order chi connectivity index (χ0) is 23.2. The number of benzene rings is 2. The Kier molecular flexibility index (Phi) is 5.60. The molecule has 0 unspecified atom stereocenters. The summed E-state index contributed by atoms with van der Waals surface area (Å²) in [5.74, 6) is 0.445. The van der Waals surface area contributed by atoms with E-state index in [9.17, 15) is 19.5 Å². The molecule has 2 heterocycles. The summed E-state index contributed by atoms with van der Waals surface area (Å²) in [6.45, 7) is 8.30. The Bertz CT molecular complexity index is 1160. The Balaban J connectivity index is 1.87. The van der Waals surface area contributed by atoms with Crippen LogP contribution in [0.4, 0.5) is 0 Å². The Morgan fingerprint density at radius 1 is 1.09 bits per heavy atom. The number of Topliss-reactive ketones (excluding diaryl/α,β-unsaturated/α-hetero) is 3. The Morgan fingerprint density at radius 2 is 1.78 bits per heavy atom. The van der Waals surface area contributed by atoms with Crippen molar-refractivity contribution in [2.45, 2.75) is 45.8 Å². The van der Waals surface area contributed by atoms with Gasteiger partial charge in [-0.2, -0.15) is 0 Å². The van der Waals surface area contributed by atoms with Crippen molar-refractivity contribution in [2.75, 3.05) is 6.79 Å². The normalized spacial score (nSPS) is 17.4. The number of carbonyl (C=O) groups is 3. The molecule has 0 bridgehead atoms. The molecule has 1 N–H and O–H groups in total. The van der Waals surface area contributed by atoms with Crippen LogP contribution in [0, 0.1) is 0 Å². The van der Waals surface area contributed by atoms with Gasteiger partial charge in [-0.05, 0) is 44.5 Å². The molecule has 0 fully saturated rings. The number of carbonyl (C=O) groups excluding carboxylic acids is 3. The molecule has 0 aliphatic carbocycles. The summed E-state index contributed by atoms with van der Waals surface area (Å²) < 4.78 is 17.1. The summed E-state index contributed by atoms with van der Waals surface area (Å²) in [5.41, 5.74) is 2.16. The van der Waals surface area contributed by atoms with Crippen molar-refractivity contribution in [3.05, 3.63) is 64.2 Å². The fourth-order valence-corrected chi connectivity index (χ4v) is 4.02. The summed E-state index contributed by atoms with van der Waals surface area (Å²) in [5, 5.41) is 10.5. The van der Waals surface area contributed by atoms with Crippen LogP contribution in [0.2, 0.25) is 0 Å². The van der Waals surface area contributed by atoms with Crippen molar-refractivity contribution >= 4 is 17.3 Å². The molecule has 32 heavy (non-hydrogen) atoms. The van der Waals surface area contributed by atoms with Crippen molar-refractivity contribution < 1.29 is 33.7 Å². The van der Waals surface area contributed by atoms with E-state index in [0.29, 0.717) is 28.2 Å². The van der Waals surface area contributed by atoms with Gasteiger partial charge in [-0.15, -0.1) is 0 Å². The molecule has 2 aliphatic heterocycles. The second-order valence-corrected chi connectivity index (χ2v) is 8.18. The molecule has 7 heteroatoms. The first-order valence-corrected chi connectivity index (χ1v) is 10.3. The third kappa shape index (κ3) is 3.80. The standard InChI is InChI=1S/C25H24O7/c1-12(2)19(28)9-18-16(13(3)26)8-17(14(4)27)24-20(29)10-22(32-25(18)24)15-5-6-21-23(7-15)31-11-30-21/h5-8,19,22,28H,1,9-11H2,2-4H3/t19-,22-/m0/s1. The van der Waals surface area contributed by atoms with Gasteiger partial charge >= 0.3 is 0 Å². The fourth-order valence-electron chi connectivity index (χ4n) is 4.02. The van der Waals surface area contributed by atoms with Crippen LogP contribution in [0.3, 0.4) is 0 Å². The van der Waals surface area contributed by atoms with Gasteiger partial charge in [-0.25, -0.2) is 0 Å². The molecule has 2 aromatic carbocycles. The maximum atomic E-state index is 13.2. The summed E-state index contributed by atoms with van der Waals surface area (Å²) in [6.07, 6.45) is -1.53. The van der Waals surface area contributed by atoms with Gasteiger partial charge in [-0.1, -0.05) is 18.2 Å². The number of aliphatic hydroxyl groups is 1. The molecule has 2 aromatic rings. The molecule has 0 amide bonds. The molecule has 0 aromatic heterocycles. The van der Waals surface area contributed by atoms with E-state index in [1.807, 2.05) is 0 Å². The van der Waals surface area contributed by atoms with E-state index < -0.39 is 12.2 Å². The topological polar surface area (TPSA) is 99.1 Å². The number of rotatable bonds is 6. The molecule has 4 rings (SSSR count). The minimum Gasteiger partial charge on any atom is -0.484 e. The highest BCUT2D eigenvalue weighted by molar-refractivity contribution is 6.13. The zero-order valence-corrected chi connectivity index (χ0v) is 18.2. The average Bonchev–Trinajstić information content (AvgIpc) is 3.21. The van der Waals surface area contributed by atoms with Crippen molar-refractivity contribution in [3.8, 4) is 17.2 Å². The van der Waals surface area contributed by atoms with Crippen LogP contribution in [0.1, 0.15) is 75.5 Å². The summed E-state index contributed by atoms with van der Waals surface area (Å²) >= 11 is 0. The third-order valence-corrected chi connectivity index (χ3v) is 5.79. The van der Waals surface area contributed by atoms with E-state index in [1.165, 1.54) is 19.9 Å². The van der Waals surface area contributed by atoms with Gasteiger partial charge in [0.15, 0.2) is 28.8 Å². The number of hydrogen-bond donors (Lipinski definition) is 1. The third-order valence-electron chi connectivity index (χ3n) is 5.79. The number of fused-ring (bicyclic) bond motifs is 2. The van der Waals surface area contributed by atoms with Crippen LogP contribution in [0.25, 0.3) is 0 Å².